The van der Waals surface area contributed by atoms with Gasteiger partial charge in [0.05, 0.1) is 7.11 Å². The monoisotopic (exact) mass is 313 g/mol. The summed E-state index contributed by atoms with van der Waals surface area (Å²) in [5.41, 5.74) is 1.28. The molecule has 0 saturated carbocycles. The first-order valence-corrected chi connectivity index (χ1v) is 6.99. The number of hydrogen-bond donors (Lipinski definition) is 0. The second-order valence-corrected chi connectivity index (χ2v) is 4.78. The molecule has 1 heterocycles. The van der Waals surface area contributed by atoms with Crippen LogP contribution in [0.25, 0.3) is 11.1 Å². The normalized spacial score (nSPS) is 10.5. The Balaban J connectivity index is 1.64. The fraction of sp³-hybridized carbons (Fsp3) is 0.176. The molecule has 0 aliphatic heterocycles. The van der Waals surface area contributed by atoms with Crippen molar-refractivity contribution in [3.05, 3.63) is 48.4 Å². The highest BCUT2D eigenvalue weighted by Gasteiger charge is 2.10. The van der Waals surface area contributed by atoms with Crippen LogP contribution in [0.15, 0.2) is 46.9 Å². The van der Waals surface area contributed by atoms with Crippen molar-refractivity contribution in [2.75, 3.05) is 13.7 Å². The predicted octanol–water partition coefficient (Wildman–Crippen LogP) is 3.13. The molecular weight excluding hydrogens is 298 g/mol. The lowest BCUT2D eigenvalue weighted by atomic mass is 10.3. The molecule has 0 aliphatic carbocycles. The van der Waals surface area contributed by atoms with Gasteiger partial charge in [0.2, 0.25) is 0 Å². The minimum Gasteiger partial charge on any atom is -0.493 e. The predicted molar refractivity (Wildman–Crippen MR) is 82.9 cm³/mol. The van der Waals surface area contributed by atoms with Crippen molar-refractivity contribution in [2.45, 2.75) is 6.92 Å². The molecule has 0 spiro atoms. The number of aromatic nitrogens is 1. The Morgan fingerprint density at radius 3 is 2.74 bits per heavy atom. The van der Waals surface area contributed by atoms with Gasteiger partial charge in [-0.05, 0) is 24.3 Å². The second kappa shape index (κ2) is 6.39. The summed E-state index contributed by atoms with van der Waals surface area (Å²) in [7, 11) is 1.54. The van der Waals surface area contributed by atoms with Crippen molar-refractivity contribution in [2.24, 2.45) is 0 Å². The molecule has 3 rings (SSSR count). The molecular formula is C17H15NO5. The van der Waals surface area contributed by atoms with Gasteiger partial charge in [-0.3, -0.25) is 0 Å². The van der Waals surface area contributed by atoms with Gasteiger partial charge in [0.25, 0.3) is 0 Å². The highest BCUT2D eigenvalue weighted by Crippen LogP contribution is 2.26. The zero-order valence-corrected chi connectivity index (χ0v) is 12.7. The minimum atomic E-state index is -0.518. The van der Waals surface area contributed by atoms with Gasteiger partial charge in [0.15, 0.2) is 29.6 Å². The molecule has 0 bridgehead atoms. The van der Waals surface area contributed by atoms with Crippen molar-refractivity contribution in [1.29, 1.82) is 0 Å². The molecule has 3 aromatic rings. The molecule has 0 unspecified atom stereocenters. The summed E-state index contributed by atoms with van der Waals surface area (Å²) in [6, 6.07) is 12.1. The number of carbonyl (C=O) groups is 1. The van der Waals surface area contributed by atoms with Gasteiger partial charge >= 0.3 is 5.97 Å². The van der Waals surface area contributed by atoms with Crippen LogP contribution in [0.4, 0.5) is 0 Å². The average Bonchev–Trinajstić information content (AvgIpc) is 2.92. The van der Waals surface area contributed by atoms with Crippen molar-refractivity contribution in [1.82, 2.24) is 4.98 Å². The van der Waals surface area contributed by atoms with E-state index in [1.807, 2.05) is 6.07 Å². The number of hydrogen-bond acceptors (Lipinski definition) is 6. The minimum absolute atomic E-state index is 0.226. The molecule has 0 radical (unpaired) electrons. The van der Waals surface area contributed by atoms with E-state index < -0.39 is 5.97 Å². The topological polar surface area (TPSA) is 70.8 Å². The summed E-state index contributed by atoms with van der Waals surface area (Å²) in [6.45, 7) is 1.53. The number of rotatable bonds is 5. The van der Waals surface area contributed by atoms with E-state index in [4.69, 9.17) is 18.6 Å². The Kier molecular flexibility index (Phi) is 4.14. The third-order valence-electron chi connectivity index (χ3n) is 3.11. The zero-order valence-electron chi connectivity index (χ0n) is 12.7. The quantitative estimate of drug-likeness (QED) is 0.532. The van der Waals surface area contributed by atoms with Crippen LogP contribution in [0.2, 0.25) is 0 Å². The number of aryl methyl sites for hydroxylation is 1. The van der Waals surface area contributed by atoms with Gasteiger partial charge in [-0.15, -0.1) is 0 Å². The first-order valence-electron chi connectivity index (χ1n) is 6.99. The van der Waals surface area contributed by atoms with E-state index in [0.717, 1.165) is 0 Å². The van der Waals surface area contributed by atoms with E-state index in [2.05, 4.69) is 4.98 Å². The lowest BCUT2D eigenvalue weighted by Crippen LogP contribution is -2.17. The maximum Gasteiger partial charge on any atom is 0.349 e. The summed E-state index contributed by atoms with van der Waals surface area (Å²) in [5, 5.41) is 0. The first kappa shape index (κ1) is 14.9. The fourth-order valence-electron chi connectivity index (χ4n) is 2.12. The van der Waals surface area contributed by atoms with Crippen LogP contribution < -0.4 is 14.2 Å². The lowest BCUT2D eigenvalue weighted by molar-refractivity contribution is -0.136. The maximum absolute atomic E-state index is 11.9. The number of nitrogens with zero attached hydrogens (tertiary/aromatic N) is 1. The van der Waals surface area contributed by atoms with Gasteiger partial charge < -0.3 is 18.6 Å². The Labute approximate surface area is 132 Å². The highest BCUT2D eigenvalue weighted by molar-refractivity contribution is 5.78. The molecule has 0 saturated heterocycles. The lowest BCUT2D eigenvalue weighted by Gasteiger charge is -2.09. The zero-order chi connectivity index (χ0) is 16.2. The van der Waals surface area contributed by atoms with E-state index in [0.29, 0.717) is 34.2 Å². The van der Waals surface area contributed by atoms with Crippen LogP contribution in [0, 0.1) is 6.92 Å². The maximum atomic E-state index is 11.9. The van der Waals surface area contributed by atoms with Crippen LogP contribution in [0.3, 0.4) is 0 Å². The smallest absolute Gasteiger partial charge is 0.349 e. The van der Waals surface area contributed by atoms with Crippen molar-refractivity contribution in [3.8, 4) is 17.2 Å². The summed E-state index contributed by atoms with van der Waals surface area (Å²) >= 11 is 0. The number of ether oxygens (including phenoxy) is 3. The number of carbonyl (C=O) groups excluding carboxylic acids is 1. The van der Waals surface area contributed by atoms with E-state index in [1.165, 1.54) is 7.11 Å². The van der Waals surface area contributed by atoms with Crippen molar-refractivity contribution < 1.29 is 23.4 Å². The SMILES string of the molecule is COc1ccccc1OCC(=O)Oc1ccc2oc(C)nc2c1. The largest absolute Gasteiger partial charge is 0.493 e. The van der Waals surface area contributed by atoms with E-state index in [9.17, 15) is 4.79 Å². The van der Waals surface area contributed by atoms with Gasteiger partial charge in [-0.25, -0.2) is 9.78 Å². The van der Waals surface area contributed by atoms with E-state index in [-0.39, 0.29) is 6.61 Å². The second-order valence-electron chi connectivity index (χ2n) is 4.78. The summed E-state index contributed by atoms with van der Waals surface area (Å²) in [4.78, 5) is 16.1. The van der Waals surface area contributed by atoms with E-state index >= 15 is 0 Å². The van der Waals surface area contributed by atoms with Gasteiger partial charge in [0, 0.05) is 13.0 Å². The van der Waals surface area contributed by atoms with Crippen LogP contribution in [-0.2, 0) is 4.79 Å². The number of benzene rings is 2. The first-order chi connectivity index (χ1) is 11.2. The standard InChI is InChI=1S/C17H15NO5/c1-11-18-13-9-12(7-8-14(13)22-11)23-17(19)10-21-16-6-4-3-5-15(16)20-2/h3-9H,10H2,1-2H3. The summed E-state index contributed by atoms with van der Waals surface area (Å²) < 4.78 is 21.2. The third-order valence-corrected chi connectivity index (χ3v) is 3.11. The summed E-state index contributed by atoms with van der Waals surface area (Å²) in [6.07, 6.45) is 0. The molecule has 6 heteroatoms. The van der Waals surface area contributed by atoms with Gasteiger partial charge in [-0.1, -0.05) is 12.1 Å². The number of methoxy groups -OCH3 is 1. The molecule has 23 heavy (non-hydrogen) atoms. The third kappa shape index (κ3) is 3.42. The summed E-state index contributed by atoms with van der Waals surface area (Å²) in [5.74, 6) is 1.47. The Morgan fingerprint density at radius 1 is 1.17 bits per heavy atom. The number of esters is 1. The molecule has 2 aromatic carbocycles. The Bertz CT molecular complexity index is 840. The molecule has 0 N–H and O–H groups in total. The van der Waals surface area contributed by atoms with Crippen LogP contribution >= 0.6 is 0 Å². The molecule has 0 amide bonds. The molecule has 118 valence electrons. The van der Waals surface area contributed by atoms with E-state index in [1.54, 1.807) is 43.3 Å². The number of oxazole rings is 1. The van der Waals surface area contributed by atoms with Crippen molar-refractivity contribution >= 4 is 17.1 Å². The van der Waals surface area contributed by atoms with Crippen molar-refractivity contribution in [3.63, 3.8) is 0 Å². The number of fused-ring (bicyclic) bond motifs is 1. The Hall–Kier alpha value is -3.02. The molecule has 0 atom stereocenters. The van der Waals surface area contributed by atoms with Gasteiger partial charge in [0.1, 0.15) is 11.3 Å². The van der Waals surface area contributed by atoms with Gasteiger partial charge in [-0.2, -0.15) is 0 Å². The molecule has 0 aliphatic rings. The highest BCUT2D eigenvalue weighted by atomic mass is 16.6. The van der Waals surface area contributed by atoms with Crippen LogP contribution in [0.5, 0.6) is 17.2 Å². The molecule has 1 aromatic heterocycles. The van der Waals surface area contributed by atoms with Crippen LogP contribution in [-0.4, -0.2) is 24.7 Å². The average molecular weight is 313 g/mol. The Morgan fingerprint density at radius 2 is 1.96 bits per heavy atom. The molecule has 6 nitrogen and oxygen atoms in total. The molecule has 0 fully saturated rings. The van der Waals surface area contributed by atoms with Crippen LogP contribution in [0.1, 0.15) is 5.89 Å². The number of para-hydroxylation sites is 2. The fourth-order valence-corrected chi connectivity index (χ4v) is 2.12.